The molecule has 25 heavy (non-hydrogen) atoms. The van der Waals surface area contributed by atoms with Gasteiger partial charge in [0.1, 0.15) is 11.9 Å². The van der Waals surface area contributed by atoms with Crippen molar-refractivity contribution in [2.75, 3.05) is 22.1 Å². The highest BCUT2D eigenvalue weighted by Crippen LogP contribution is 2.27. The van der Waals surface area contributed by atoms with Gasteiger partial charge in [-0.15, -0.1) is 11.8 Å². The summed E-state index contributed by atoms with van der Waals surface area (Å²) in [6.45, 7) is 1.42. The molecule has 2 aromatic rings. The number of hydrogen-bond donors (Lipinski definition) is 1. The highest BCUT2D eigenvalue weighted by Gasteiger charge is 2.31. The molecule has 0 aliphatic carbocycles. The first-order valence-electron chi connectivity index (χ1n) is 7.43. The monoisotopic (exact) mass is 382 g/mol. The Kier molecular flexibility index (Phi) is 6.07. The lowest BCUT2D eigenvalue weighted by molar-refractivity contribution is -0.116. The molecule has 0 aromatic heterocycles. The molecule has 0 aliphatic heterocycles. The Morgan fingerprint density at radius 1 is 1.16 bits per heavy atom. The first kappa shape index (κ1) is 19.3. The summed E-state index contributed by atoms with van der Waals surface area (Å²) in [6, 6.07) is 11.5. The van der Waals surface area contributed by atoms with Crippen molar-refractivity contribution in [2.45, 2.75) is 17.9 Å². The molecule has 0 fully saturated rings. The Morgan fingerprint density at radius 3 is 2.36 bits per heavy atom. The Bertz CT molecular complexity index is 872. The third-order valence-electron chi connectivity index (χ3n) is 3.54. The average molecular weight is 382 g/mol. The number of sulfonamides is 1. The van der Waals surface area contributed by atoms with Gasteiger partial charge in [-0.05, 0) is 37.4 Å². The lowest BCUT2D eigenvalue weighted by Gasteiger charge is -2.28. The minimum Gasteiger partial charge on any atom is -0.323 e. The molecule has 1 amide bonds. The summed E-state index contributed by atoms with van der Waals surface area (Å²) >= 11 is 1.46. The number of halogens is 1. The van der Waals surface area contributed by atoms with Gasteiger partial charge in [-0.3, -0.25) is 9.10 Å². The zero-order valence-electron chi connectivity index (χ0n) is 14.1. The maximum Gasteiger partial charge on any atom is 0.248 e. The Morgan fingerprint density at radius 2 is 1.76 bits per heavy atom. The van der Waals surface area contributed by atoms with Crippen LogP contribution in [-0.4, -0.2) is 32.9 Å². The molecule has 8 heteroatoms. The maximum atomic E-state index is 14.1. The molecule has 5 nitrogen and oxygen atoms in total. The number of para-hydroxylation sites is 2. The largest absolute Gasteiger partial charge is 0.323 e. The molecule has 1 N–H and O–H groups in total. The predicted octanol–water partition coefficient (Wildman–Crippen LogP) is 3.34. The molecule has 0 aliphatic rings. The summed E-state index contributed by atoms with van der Waals surface area (Å²) < 4.78 is 39.3. The van der Waals surface area contributed by atoms with Crippen molar-refractivity contribution in [1.82, 2.24) is 0 Å². The van der Waals surface area contributed by atoms with Gasteiger partial charge >= 0.3 is 0 Å². The normalized spacial score (nSPS) is 12.5. The second-order valence-electron chi connectivity index (χ2n) is 5.38. The van der Waals surface area contributed by atoms with Crippen LogP contribution in [0.5, 0.6) is 0 Å². The van der Waals surface area contributed by atoms with Gasteiger partial charge in [0.25, 0.3) is 0 Å². The lowest BCUT2D eigenvalue weighted by atomic mass is 10.2. The van der Waals surface area contributed by atoms with Gasteiger partial charge in [-0.25, -0.2) is 12.8 Å². The third kappa shape index (κ3) is 4.52. The van der Waals surface area contributed by atoms with Gasteiger partial charge in [-0.1, -0.05) is 24.3 Å². The summed E-state index contributed by atoms with van der Waals surface area (Å²) in [5.74, 6) is -1.26. The molecule has 0 bridgehead atoms. The topological polar surface area (TPSA) is 66.5 Å². The summed E-state index contributed by atoms with van der Waals surface area (Å²) in [6.07, 6.45) is 2.82. The van der Waals surface area contributed by atoms with E-state index in [9.17, 15) is 17.6 Å². The number of anilines is 2. The van der Waals surface area contributed by atoms with Crippen LogP contribution in [0, 0.1) is 5.82 Å². The molecule has 0 heterocycles. The van der Waals surface area contributed by atoms with Crippen LogP contribution in [0.1, 0.15) is 6.92 Å². The minimum atomic E-state index is -3.87. The molecule has 2 aromatic carbocycles. The fourth-order valence-corrected chi connectivity index (χ4v) is 4.13. The molecule has 1 atom stereocenters. The molecular formula is C17H19FN2O3S2. The van der Waals surface area contributed by atoms with E-state index in [0.717, 1.165) is 21.5 Å². The number of carbonyl (C=O) groups is 1. The molecule has 134 valence electrons. The fraction of sp³-hybridized carbons (Fsp3) is 0.235. The molecule has 0 saturated carbocycles. The van der Waals surface area contributed by atoms with Crippen LogP contribution in [0.2, 0.25) is 0 Å². The van der Waals surface area contributed by atoms with Gasteiger partial charge in [-0.2, -0.15) is 0 Å². The lowest BCUT2D eigenvalue weighted by Crippen LogP contribution is -2.45. The number of benzene rings is 2. The van der Waals surface area contributed by atoms with Gasteiger partial charge < -0.3 is 5.32 Å². The SMILES string of the molecule is CSc1ccccc1NC(=O)C(C)N(c1ccccc1F)S(C)(=O)=O. The molecule has 2 rings (SSSR count). The minimum absolute atomic E-state index is 0.161. The quantitative estimate of drug-likeness (QED) is 0.778. The van der Waals surface area contributed by atoms with Crippen molar-refractivity contribution in [3.8, 4) is 0 Å². The third-order valence-corrected chi connectivity index (χ3v) is 5.57. The van der Waals surface area contributed by atoms with Crippen LogP contribution in [0.25, 0.3) is 0 Å². The maximum absolute atomic E-state index is 14.1. The molecule has 0 radical (unpaired) electrons. The van der Waals surface area contributed by atoms with Gasteiger partial charge in [0.2, 0.25) is 15.9 Å². The number of hydrogen-bond acceptors (Lipinski definition) is 4. The zero-order valence-corrected chi connectivity index (χ0v) is 15.7. The Labute approximate surface area is 151 Å². The molecular weight excluding hydrogens is 363 g/mol. The molecule has 0 saturated heterocycles. The van der Waals surface area contributed by atoms with Crippen LogP contribution in [0.15, 0.2) is 53.4 Å². The van der Waals surface area contributed by atoms with E-state index in [4.69, 9.17) is 0 Å². The summed E-state index contributed by atoms with van der Waals surface area (Å²) in [4.78, 5) is 13.5. The summed E-state index contributed by atoms with van der Waals surface area (Å²) in [5.41, 5.74) is 0.416. The van der Waals surface area contributed by atoms with Crippen LogP contribution in [0.4, 0.5) is 15.8 Å². The van der Waals surface area contributed by atoms with E-state index in [1.165, 1.54) is 36.9 Å². The highest BCUT2D eigenvalue weighted by molar-refractivity contribution is 7.98. The number of rotatable bonds is 6. The Hall–Kier alpha value is -2.06. The zero-order chi connectivity index (χ0) is 18.6. The van der Waals surface area contributed by atoms with Crippen LogP contribution in [-0.2, 0) is 14.8 Å². The van der Waals surface area contributed by atoms with E-state index in [2.05, 4.69) is 5.32 Å². The van der Waals surface area contributed by atoms with Crippen molar-refractivity contribution >= 4 is 39.1 Å². The van der Waals surface area contributed by atoms with E-state index in [-0.39, 0.29) is 5.69 Å². The first-order chi connectivity index (χ1) is 11.8. The number of thioether (sulfide) groups is 1. The number of nitrogens with zero attached hydrogens (tertiary/aromatic N) is 1. The molecule has 0 spiro atoms. The van der Waals surface area contributed by atoms with Crippen molar-refractivity contribution in [1.29, 1.82) is 0 Å². The van der Waals surface area contributed by atoms with Crippen LogP contribution < -0.4 is 9.62 Å². The van der Waals surface area contributed by atoms with E-state index >= 15 is 0 Å². The number of nitrogens with one attached hydrogen (secondary N) is 1. The highest BCUT2D eigenvalue weighted by atomic mass is 32.2. The second-order valence-corrected chi connectivity index (χ2v) is 8.08. The van der Waals surface area contributed by atoms with Crippen molar-refractivity contribution in [3.63, 3.8) is 0 Å². The van der Waals surface area contributed by atoms with Gasteiger partial charge in [0, 0.05) is 4.90 Å². The number of amides is 1. The summed E-state index contributed by atoms with van der Waals surface area (Å²) in [5, 5.41) is 2.71. The van der Waals surface area contributed by atoms with E-state index in [0.29, 0.717) is 5.69 Å². The first-order valence-corrected chi connectivity index (χ1v) is 10.5. The molecule has 1 unspecified atom stereocenters. The van der Waals surface area contributed by atoms with Gasteiger partial charge in [0.15, 0.2) is 0 Å². The van der Waals surface area contributed by atoms with Crippen LogP contribution >= 0.6 is 11.8 Å². The summed E-state index contributed by atoms with van der Waals surface area (Å²) in [7, 11) is -3.87. The van der Waals surface area contributed by atoms with Crippen molar-refractivity contribution < 1.29 is 17.6 Å². The smallest absolute Gasteiger partial charge is 0.248 e. The average Bonchev–Trinajstić information content (AvgIpc) is 2.56. The van der Waals surface area contributed by atoms with E-state index in [1.807, 2.05) is 18.4 Å². The Balaban J connectivity index is 2.36. The van der Waals surface area contributed by atoms with Gasteiger partial charge in [0.05, 0.1) is 17.6 Å². The second kappa shape index (κ2) is 7.88. The fourth-order valence-electron chi connectivity index (χ4n) is 2.40. The van der Waals surface area contributed by atoms with Crippen LogP contribution in [0.3, 0.4) is 0 Å². The van der Waals surface area contributed by atoms with E-state index in [1.54, 1.807) is 12.1 Å². The van der Waals surface area contributed by atoms with Crippen molar-refractivity contribution in [2.24, 2.45) is 0 Å². The standard InChI is InChI=1S/C17H19FN2O3S2/c1-12(17(21)19-14-9-5-7-11-16(14)24-2)20(25(3,22)23)15-10-6-4-8-13(15)18/h4-12H,1-3H3,(H,19,21). The predicted molar refractivity (Wildman–Crippen MR) is 100 cm³/mol. The van der Waals surface area contributed by atoms with E-state index < -0.39 is 27.8 Å². The number of carbonyl (C=O) groups excluding carboxylic acids is 1. The van der Waals surface area contributed by atoms with Crippen molar-refractivity contribution in [3.05, 3.63) is 54.3 Å².